The molecule has 5 rings (SSSR count). The molecule has 0 aliphatic carbocycles. The summed E-state index contributed by atoms with van der Waals surface area (Å²) < 4.78 is 95.5. The first-order valence-corrected chi connectivity index (χ1v) is 13.5. The van der Waals surface area contributed by atoms with Gasteiger partial charge in [-0.25, -0.2) is 31.4 Å². The number of carbonyl (C=O) groups is 1. The Bertz CT molecular complexity index is 1860. The van der Waals surface area contributed by atoms with Gasteiger partial charge in [-0.05, 0) is 54.1 Å². The molecule has 0 bridgehead atoms. The molecule has 0 unspecified atom stereocenters. The molecule has 0 aliphatic heterocycles. The van der Waals surface area contributed by atoms with Crippen LogP contribution in [0.25, 0.3) is 16.9 Å². The predicted octanol–water partition coefficient (Wildman–Crippen LogP) is 5.48. The van der Waals surface area contributed by atoms with Crippen LogP contribution in [-0.2, 0) is 22.7 Å². The number of fused-ring (bicyclic) bond motifs is 1. The van der Waals surface area contributed by atoms with Crippen molar-refractivity contribution in [2.24, 2.45) is 0 Å². The number of rotatable bonds is 8. The normalized spacial score (nSPS) is 12.1. The van der Waals surface area contributed by atoms with Crippen LogP contribution in [0.5, 0.6) is 0 Å². The third-order valence-corrected chi connectivity index (χ3v) is 7.49. The molecule has 0 saturated heterocycles. The molecule has 0 atom stereocenters. The highest BCUT2D eigenvalue weighted by molar-refractivity contribution is 7.89. The highest BCUT2D eigenvalue weighted by Crippen LogP contribution is 2.32. The molecule has 42 heavy (non-hydrogen) atoms. The zero-order valence-corrected chi connectivity index (χ0v) is 22.0. The number of alkyl halides is 5. The van der Waals surface area contributed by atoms with Crippen molar-refractivity contribution < 1.29 is 35.2 Å². The number of halogens is 5. The fraction of sp³-hybridized carbons (Fsp3) is 0.111. The Labute approximate surface area is 235 Å². The number of carbonyl (C=O) groups excluding carboxylic acids is 1. The lowest BCUT2D eigenvalue weighted by Gasteiger charge is -2.11. The first-order valence-electron chi connectivity index (χ1n) is 12.1. The lowest BCUT2D eigenvalue weighted by Crippen LogP contribution is -2.23. The zero-order valence-electron chi connectivity index (χ0n) is 21.2. The van der Waals surface area contributed by atoms with Crippen molar-refractivity contribution in [2.75, 3.05) is 5.32 Å². The summed E-state index contributed by atoms with van der Waals surface area (Å²) in [6.45, 7) is 0.00322. The SMILES string of the molecule is O=C(Nc1cccc(S(=O)(=O)NCc2ccncc2)c1)c1cnn2c(C(F)F)cc(-c3ccc(C(F)(F)F)cc3)nc12. The molecule has 3 aromatic heterocycles. The topological polar surface area (TPSA) is 118 Å². The predicted molar refractivity (Wildman–Crippen MR) is 141 cm³/mol. The third kappa shape index (κ3) is 6.11. The summed E-state index contributed by atoms with van der Waals surface area (Å²) in [5.74, 6) is -0.832. The molecule has 0 fully saturated rings. The van der Waals surface area contributed by atoms with Gasteiger partial charge in [-0.2, -0.15) is 18.3 Å². The Hall–Kier alpha value is -4.76. The van der Waals surface area contributed by atoms with Crippen molar-refractivity contribution in [1.82, 2.24) is 24.3 Å². The Morgan fingerprint density at radius 1 is 0.976 bits per heavy atom. The van der Waals surface area contributed by atoms with E-state index in [1.54, 1.807) is 12.1 Å². The molecule has 0 radical (unpaired) electrons. The van der Waals surface area contributed by atoms with Crippen molar-refractivity contribution >= 4 is 27.3 Å². The minimum Gasteiger partial charge on any atom is -0.322 e. The molecule has 2 aromatic carbocycles. The van der Waals surface area contributed by atoms with E-state index in [9.17, 15) is 35.2 Å². The van der Waals surface area contributed by atoms with Gasteiger partial charge >= 0.3 is 6.18 Å². The van der Waals surface area contributed by atoms with E-state index in [0.29, 0.717) is 5.56 Å². The lowest BCUT2D eigenvalue weighted by molar-refractivity contribution is -0.137. The summed E-state index contributed by atoms with van der Waals surface area (Å²) >= 11 is 0. The summed E-state index contributed by atoms with van der Waals surface area (Å²) in [5, 5.41) is 6.36. The summed E-state index contributed by atoms with van der Waals surface area (Å²) in [6, 6.07) is 13.4. The Kier molecular flexibility index (Phi) is 7.71. The van der Waals surface area contributed by atoms with Crippen LogP contribution in [0.15, 0.2) is 90.2 Å². The van der Waals surface area contributed by atoms with E-state index < -0.39 is 39.8 Å². The monoisotopic (exact) mass is 602 g/mol. The lowest BCUT2D eigenvalue weighted by atomic mass is 10.1. The van der Waals surface area contributed by atoms with Crippen LogP contribution in [0.3, 0.4) is 0 Å². The van der Waals surface area contributed by atoms with Gasteiger partial charge in [-0.3, -0.25) is 9.78 Å². The average Bonchev–Trinajstić information content (AvgIpc) is 3.40. The first-order chi connectivity index (χ1) is 19.9. The van der Waals surface area contributed by atoms with Gasteiger partial charge in [-0.1, -0.05) is 18.2 Å². The second-order valence-corrected chi connectivity index (χ2v) is 10.7. The van der Waals surface area contributed by atoms with Crippen LogP contribution < -0.4 is 10.0 Å². The Balaban J connectivity index is 1.43. The number of pyridine rings is 1. The van der Waals surface area contributed by atoms with Gasteiger partial charge in [-0.15, -0.1) is 0 Å². The molecule has 1 amide bonds. The number of hydrogen-bond donors (Lipinski definition) is 2. The number of amides is 1. The fourth-order valence-electron chi connectivity index (χ4n) is 3.98. The number of benzene rings is 2. The molecule has 0 saturated carbocycles. The van der Waals surface area contributed by atoms with Crippen molar-refractivity contribution in [3.63, 3.8) is 0 Å². The smallest absolute Gasteiger partial charge is 0.322 e. The standard InChI is InChI=1S/C27H19F5N6O3S/c28-24(29)23-13-22(17-4-6-18(7-5-17)27(30,31)32)37-25-21(15-34-38(23)25)26(39)36-19-2-1-3-20(12-19)42(40,41)35-14-16-8-10-33-11-9-16/h1-13,15,24,35H,14H2,(H,36,39). The van der Waals surface area contributed by atoms with E-state index in [-0.39, 0.29) is 39.6 Å². The molecule has 9 nitrogen and oxygen atoms in total. The molecule has 15 heteroatoms. The minimum atomic E-state index is -4.59. The van der Waals surface area contributed by atoms with Crippen molar-refractivity contribution in [3.8, 4) is 11.3 Å². The maximum absolute atomic E-state index is 13.9. The molecule has 0 aliphatic rings. The van der Waals surface area contributed by atoms with Gasteiger partial charge in [0.05, 0.1) is 22.3 Å². The Morgan fingerprint density at radius 2 is 1.69 bits per heavy atom. The van der Waals surface area contributed by atoms with E-state index in [1.807, 2.05) is 0 Å². The van der Waals surface area contributed by atoms with Crippen molar-refractivity contribution in [2.45, 2.75) is 24.0 Å². The summed E-state index contributed by atoms with van der Waals surface area (Å²) in [5.41, 5.74) is -1.30. The van der Waals surface area contributed by atoms with E-state index in [2.05, 4.69) is 25.1 Å². The highest BCUT2D eigenvalue weighted by atomic mass is 32.2. The third-order valence-electron chi connectivity index (χ3n) is 6.09. The fourth-order valence-corrected chi connectivity index (χ4v) is 5.04. The van der Waals surface area contributed by atoms with E-state index in [0.717, 1.165) is 41.0 Å². The van der Waals surface area contributed by atoms with E-state index >= 15 is 0 Å². The highest BCUT2D eigenvalue weighted by Gasteiger charge is 2.30. The van der Waals surface area contributed by atoms with E-state index in [1.165, 1.54) is 36.7 Å². The maximum Gasteiger partial charge on any atom is 0.416 e. The van der Waals surface area contributed by atoms with Gasteiger partial charge in [0, 0.05) is 30.2 Å². The largest absolute Gasteiger partial charge is 0.416 e. The van der Waals surface area contributed by atoms with Gasteiger partial charge < -0.3 is 5.32 Å². The van der Waals surface area contributed by atoms with Gasteiger partial charge in [0.15, 0.2) is 5.65 Å². The molecular formula is C27H19F5N6O3S. The van der Waals surface area contributed by atoms with Crippen LogP contribution in [0.2, 0.25) is 0 Å². The van der Waals surface area contributed by atoms with Crippen molar-refractivity contribution in [3.05, 3.63) is 108 Å². The molecule has 2 N–H and O–H groups in total. The second-order valence-electron chi connectivity index (χ2n) is 8.90. The molecule has 0 spiro atoms. The maximum atomic E-state index is 13.9. The van der Waals surface area contributed by atoms with Gasteiger partial charge in [0.2, 0.25) is 10.0 Å². The van der Waals surface area contributed by atoms with E-state index in [4.69, 9.17) is 0 Å². The van der Waals surface area contributed by atoms with Crippen LogP contribution in [-0.4, -0.2) is 33.9 Å². The molecule has 3 heterocycles. The molecule has 5 aromatic rings. The number of anilines is 1. The Morgan fingerprint density at radius 3 is 2.36 bits per heavy atom. The minimum absolute atomic E-state index is 0.00322. The zero-order chi connectivity index (χ0) is 30.1. The number of aromatic nitrogens is 4. The summed E-state index contributed by atoms with van der Waals surface area (Å²) in [7, 11) is -3.97. The first kappa shape index (κ1) is 28.8. The molecule has 216 valence electrons. The van der Waals surface area contributed by atoms with Crippen LogP contribution in [0.4, 0.5) is 27.6 Å². The number of nitrogens with zero attached hydrogens (tertiary/aromatic N) is 4. The molecular weight excluding hydrogens is 583 g/mol. The van der Waals surface area contributed by atoms with Crippen LogP contribution in [0, 0.1) is 0 Å². The average molecular weight is 603 g/mol. The second kappa shape index (κ2) is 11.3. The van der Waals surface area contributed by atoms with Gasteiger partial charge in [0.25, 0.3) is 12.3 Å². The van der Waals surface area contributed by atoms with Crippen molar-refractivity contribution in [1.29, 1.82) is 0 Å². The van der Waals surface area contributed by atoms with Crippen LogP contribution in [0.1, 0.15) is 33.6 Å². The number of nitrogens with one attached hydrogen (secondary N) is 2. The summed E-state index contributed by atoms with van der Waals surface area (Å²) in [4.78, 5) is 21.1. The van der Waals surface area contributed by atoms with Gasteiger partial charge in [0.1, 0.15) is 11.3 Å². The number of sulfonamides is 1. The summed E-state index contributed by atoms with van der Waals surface area (Å²) in [6.07, 6.45) is -3.59. The number of hydrogen-bond acceptors (Lipinski definition) is 6. The quantitative estimate of drug-likeness (QED) is 0.227. The van der Waals surface area contributed by atoms with Crippen LogP contribution >= 0.6 is 0 Å².